The molecule has 0 atom stereocenters. The van der Waals surface area contributed by atoms with Crippen LogP contribution in [0.25, 0.3) is 36.5 Å². The van der Waals surface area contributed by atoms with Crippen LogP contribution >= 0.6 is 0 Å². The summed E-state index contributed by atoms with van der Waals surface area (Å²) in [6.45, 7) is 39.0. The monoisotopic (exact) mass is 1060 g/mol. The summed E-state index contributed by atoms with van der Waals surface area (Å²) in [6, 6.07) is 0. The molecule has 0 bridgehead atoms. The molecule has 4 aliphatic rings. The SMILES string of the molecule is CCC1=C(C)C(=O)N=C1/C=c1/[nH]/c(=C\c2[nH]c(/C=C3\N=C(OCC(C)(C)COC4=N/C(=C\c5[nH]c(/C=c6/[nH]/c(=C/C7=NC(=O)C(C)=C7CC)c(C)c6CC)c(CC)c5C)C(CC)=C4C)C(C)=C3CC)c(C)c2CC)c(CC)c1C. The fraction of sp³-hybridized carbons (Fsp3) is 0.433. The van der Waals surface area contributed by atoms with E-state index >= 15 is 0 Å². The van der Waals surface area contributed by atoms with Gasteiger partial charge < -0.3 is 29.4 Å². The number of nitrogens with one attached hydrogen (secondary N) is 4. The highest BCUT2D eigenvalue weighted by Gasteiger charge is 2.30. The lowest BCUT2D eigenvalue weighted by Gasteiger charge is -2.25. The Morgan fingerprint density at radius 2 is 0.734 bits per heavy atom. The van der Waals surface area contributed by atoms with E-state index in [1.54, 1.807) is 0 Å². The molecule has 12 nitrogen and oxygen atoms in total. The Morgan fingerprint density at radius 3 is 1.06 bits per heavy atom. The molecule has 0 spiro atoms. The first-order valence-corrected chi connectivity index (χ1v) is 28.8. The van der Waals surface area contributed by atoms with Gasteiger partial charge in [0, 0.05) is 71.9 Å². The summed E-state index contributed by atoms with van der Waals surface area (Å²) >= 11 is 0. The van der Waals surface area contributed by atoms with E-state index in [9.17, 15) is 9.59 Å². The Labute approximate surface area is 467 Å². The van der Waals surface area contributed by atoms with Gasteiger partial charge in [0.15, 0.2) is 0 Å². The minimum absolute atomic E-state index is 0.145. The largest absolute Gasteiger partial charge is 0.477 e. The second kappa shape index (κ2) is 23.6. The summed E-state index contributed by atoms with van der Waals surface area (Å²) in [5, 5.41) is 4.07. The Kier molecular flexibility index (Phi) is 17.2. The number of amides is 2. The van der Waals surface area contributed by atoms with E-state index in [1.165, 1.54) is 55.7 Å². The van der Waals surface area contributed by atoms with Gasteiger partial charge in [-0.25, -0.2) is 20.0 Å². The first-order chi connectivity index (χ1) is 37.7. The van der Waals surface area contributed by atoms with E-state index in [-0.39, 0.29) is 17.2 Å². The third kappa shape index (κ3) is 11.2. The standard InChI is InChI=1S/C67H84N8O4/c1-19-43-35(9)51(27-59-47(23-5)39(13)63(76)72-59)68-55(43)31-57-45(21-3)37(11)53(70-57)29-61-49(25-7)41(15)65(74-61)78-33-67(17,18)34-79-66-42(16)50(26-8)62(75-66)30-54-38(12)46(22-4)58(71-54)32-56-44(20-2)36(10)52(69-56)28-60-48(24-6)40(14)64(77)73-60/h27-32,68-71H,19-26,33-34H2,1-18H3/b51-27+,52-28+,55-31-,56-32+,61-29-,62-30-. The molecular weight excluding hydrogens is 981 g/mol. The van der Waals surface area contributed by atoms with Crippen molar-refractivity contribution < 1.29 is 19.1 Å². The van der Waals surface area contributed by atoms with Gasteiger partial charge in [-0.15, -0.1) is 0 Å². The van der Waals surface area contributed by atoms with Crippen LogP contribution in [-0.4, -0.2) is 68.2 Å². The zero-order chi connectivity index (χ0) is 57.4. The highest BCUT2D eigenvalue weighted by molar-refractivity contribution is 6.31. The fourth-order valence-electron chi connectivity index (χ4n) is 11.9. The second-order valence-electron chi connectivity index (χ2n) is 22.3. The van der Waals surface area contributed by atoms with E-state index in [0.29, 0.717) is 25.0 Å². The number of rotatable bonds is 18. The summed E-state index contributed by atoms with van der Waals surface area (Å²) in [5.74, 6) is 1.00. The maximum absolute atomic E-state index is 12.5. The van der Waals surface area contributed by atoms with Gasteiger partial charge in [0.25, 0.3) is 11.8 Å². The number of aliphatic imine (C=N–C) groups is 4. The molecular formula is C67H84N8O4. The van der Waals surface area contributed by atoms with Crippen LogP contribution in [0.4, 0.5) is 0 Å². The minimum atomic E-state index is -0.362. The highest BCUT2D eigenvalue weighted by Crippen LogP contribution is 2.35. The van der Waals surface area contributed by atoms with E-state index in [4.69, 9.17) is 19.5 Å². The third-order valence-corrected chi connectivity index (χ3v) is 16.8. The fourth-order valence-corrected chi connectivity index (χ4v) is 11.9. The maximum Gasteiger partial charge on any atom is 0.273 e. The molecule has 0 saturated carbocycles. The number of hydrogen-bond acceptors (Lipinski definition) is 6. The van der Waals surface area contributed by atoms with Crippen LogP contribution in [0.1, 0.15) is 190 Å². The zero-order valence-electron chi connectivity index (χ0n) is 50.5. The molecule has 0 radical (unpaired) electrons. The Hall–Kier alpha value is -7.34. The van der Waals surface area contributed by atoms with E-state index < -0.39 is 0 Å². The van der Waals surface area contributed by atoms with Gasteiger partial charge in [-0.2, -0.15) is 0 Å². The van der Waals surface area contributed by atoms with Crippen molar-refractivity contribution in [2.75, 3.05) is 13.2 Å². The number of H-pyrrole nitrogens is 4. The molecule has 12 heteroatoms. The van der Waals surface area contributed by atoms with Crippen molar-refractivity contribution in [2.24, 2.45) is 25.4 Å². The minimum Gasteiger partial charge on any atom is -0.477 e. The lowest BCUT2D eigenvalue weighted by atomic mass is 9.96. The van der Waals surface area contributed by atoms with Crippen molar-refractivity contribution in [3.8, 4) is 0 Å². The van der Waals surface area contributed by atoms with Crippen LogP contribution in [0.5, 0.6) is 0 Å². The summed E-state index contributed by atoms with van der Waals surface area (Å²) in [4.78, 5) is 58.9. The molecule has 416 valence electrons. The van der Waals surface area contributed by atoms with Gasteiger partial charge in [0.2, 0.25) is 11.8 Å². The van der Waals surface area contributed by atoms with E-state index in [1.807, 2.05) is 26.0 Å². The summed E-state index contributed by atoms with van der Waals surface area (Å²) in [7, 11) is 0. The molecule has 2 amide bonds. The molecule has 0 aliphatic carbocycles. The average molecular weight is 1070 g/mol. The number of carbonyl (C=O) groups is 2. The number of nitrogens with zero attached hydrogens (tertiary/aromatic N) is 4. The molecule has 0 fully saturated rings. The predicted octanol–water partition coefficient (Wildman–Crippen LogP) is 11.8. The molecule has 4 aliphatic heterocycles. The molecule has 0 unspecified atom stereocenters. The second-order valence-corrected chi connectivity index (χ2v) is 22.3. The number of carbonyl (C=O) groups excluding carboxylic acids is 2. The molecule has 4 N–H and O–H groups in total. The summed E-state index contributed by atoms with van der Waals surface area (Å²) in [5.41, 5.74) is 24.8. The number of ether oxygens (including phenoxy) is 2. The topological polar surface area (TPSA) is 165 Å². The van der Waals surface area contributed by atoms with Gasteiger partial charge >= 0.3 is 0 Å². The van der Waals surface area contributed by atoms with Crippen molar-refractivity contribution in [2.45, 2.75) is 176 Å². The maximum atomic E-state index is 12.5. The van der Waals surface area contributed by atoms with Gasteiger partial charge in [-0.1, -0.05) is 69.2 Å². The van der Waals surface area contributed by atoms with Crippen molar-refractivity contribution >= 4 is 71.5 Å². The normalized spacial score (nSPS) is 18.3. The lowest BCUT2D eigenvalue weighted by molar-refractivity contribution is -0.114. The van der Waals surface area contributed by atoms with Crippen molar-refractivity contribution in [1.29, 1.82) is 0 Å². The first kappa shape index (κ1) is 57.8. The lowest BCUT2D eigenvalue weighted by Crippen LogP contribution is -2.28. The van der Waals surface area contributed by atoms with Gasteiger partial charge in [-0.05, 0) is 210 Å². The summed E-state index contributed by atoms with van der Waals surface area (Å²) < 4.78 is 13.2. The van der Waals surface area contributed by atoms with Gasteiger partial charge in [-0.3, -0.25) is 9.59 Å². The average Bonchev–Trinajstić information content (AvgIpc) is 4.40. The Balaban J connectivity index is 0.998. The summed E-state index contributed by atoms with van der Waals surface area (Å²) in [6.07, 6.45) is 19.5. The number of aromatic amines is 4. The first-order valence-electron chi connectivity index (χ1n) is 28.8. The predicted molar refractivity (Wildman–Crippen MR) is 328 cm³/mol. The van der Waals surface area contributed by atoms with Gasteiger partial charge in [0.05, 0.1) is 36.0 Å². The van der Waals surface area contributed by atoms with Crippen molar-refractivity contribution in [3.63, 3.8) is 0 Å². The van der Waals surface area contributed by atoms with Crippen LogP contribution in [0, 0.1) is 33.1 Å². The molecule has 0 saturated heterocycles. The Morgan fingerprint density at radius 1 is 0.380 bits per heavy atom. The van der Waals surface area contributed by atoms with Gasteiger partial charge in [0.1, 0.15) is 0 Å². The highest BCUT2D eigenvalue weighted by atomic mass is 16.5. The third-order valence-electron chi connectivity index (χ3n) is 16.8. The van der Waals surface area contributed by atoms with E-state index in [0.717, 1.165) is 152 Å². The molecule has 4 aromatic heterocycles. The van der Waals surface area contributed by atoms with E-state index in [2.05, 4.69) is 165 Å². The van der Waals surface area contributed by atoms with Crippen molar-refractivity contribution in [1.82, 2.24) is 19.9 Å². The molecule has 8 heterocycles. The molecule has 4 aromatic rings. The van der Waals surface area contributed by atoms with Crippen LogP contribution in [0.2, 0.25) is 0 Å². The van der Waals surface area contributed by atoms with Crippen LogP contribution in [0.3, 0.4) is 0 Å². The van der Waals surface area contributed by atoms with Crippen molar-refractivity contribution in [3.05, 3.63) is 145 Å². The smallest absolute Gasteiger partial charge is 0.273 e. The molecule has 8 rings (SSSR count). The number of aromatic nitrogens is 4. The number of hydrogen-bond donors (Lipinski definition) is 4. The van der Waals surface area contributed by atoms with Crippen LogP contribution in [0.15, 0.2) is 75.9 Å². The molecule has 0 aromatic carbocycles. The Bertz CT molecular complexity index is 3540. The number of allylic oxidation sites excluding steroid dienone is 4. The van der Waals surface area contributed by atoms with Crippen LogP contribution in [-0.2, 0) is 44.7 Å². The quantitative estimate of drug-likeness (QED) is 0.0780. The molecule has 79 heavy (non-hydrogen) atoms. The van der Waals surface area contributed by atoms with Crippen LogP contribution < -0.4 is 21.4 Å². The zero-order valence-corrected chi connectivity index (χ0v) is 50.5.